The number of nitrogens with zero attached hydrogens (tertiary/aromatic N) is 1. The van der Waals surface area contributed by atoms with Crippen LogP contribution in [0.4, 0.5) is 22.4 Å². The summed E-state index contributed by atoms with van der Waals surface area (Å²) in [6.07, 6.45) is 0. The number of carbonyl (C=O) groups excluding carboxylic acids is 2. The molecule has 1 atom stereocenters. The minimum absolute atomic E-state index is 0.166. The van der Waals surface area contributed by atoms with E-state index >= 15 is 0 Å². The molecule has 10 heteroatoms. The van der Waals surface area contributed by atoms with Crippen LogP contribution in [0.5, 0.6) is 5.75 Å². The largest absolute Gasteiger partial charge is 0.496 e. The molecular formula is C19H16F4N2O3S. The Kier molecular flexibility index (Phi) is 5.74. The number of amides is 3. The van der Waals surface area contributed by atoms with Crippen molar-refractivity contribution in [2.24, 2.45) is 0 Å². The van der Waals surface area contributed by atoms with Crippen LogP contribution in [0, 0.1) is 11.6 Å². The van der Waals surface area contributed by atoms with Gasteiger partial charge in [0.1, 0.15) is 22.9 Å². The number of rotatable bonds is 6. The van der Waals surface area contributed by atoms with Crippen LogP contribution in [0.2, 0.25) is 0 Å². The zero-order chi connectivity index (χ0) is 21.3. The topological polar surface area (TPSA) is 58.6 Å². The highest BCUT2D eigenvalue weighted by Gasteiger charge is 2.50. The lowest BCUT2D eigenvalue weighted by Gasteiger charge is -2.23. The monoisotopic (exact) mass is 428 g/mol. The number of ether oxygens (including phenoxy) is 1. The van der Waals surface area contributed by atoms with Gasteiger partial charge in [-0.25, -0.2) is 13.6 Å². The molecule has 5 nitrogen and oxygen atoms in total. The quantitative estimate of drug-likeness (QED) is 0.425. The van der Waals surface area contributed by atoms with Crippen molar-refractivity contribution in [2.75, 3.05) is 7.11 Å². The molecule has 1 fully saturated rings. The highest BCUT2D eigenvalue weighted by molar-refractivity contribution is 7.99. The SMILES string of the molecule is COc1cc(CN2C(=O)NC(C)(c3cc(F)ccc3F)C2=O)ccc1SC(F)F. The molecule has 0 saturated carbocycles. The molecule has 2 aromatic rings. The molecule has 1 aliphatic rings. The number of imide groups is 1. The van der Waals surface area contributed by atoms with Gasteiger partial charge in [-0.2, -0.15) is 8.78 Å². The van der Waals surface area contributed by atoms with Gasteiger partial charge in [0.2, 0.25) is 0 Å². The molecule has 3 rings (SSSR count). The molecule has 0 bridgehead atoms. The van der Waals surface area contributed by atoms with Crippen LogP contribution in [-0.4, -0.2) is 29.7 Å². The first kappa shape index (κ1) is 21.0. The third kappa shape index (κ3) is 4.02. The van der Waals surface area contributed by atoms with Crippen LogP contribution < -0.4 is 10.1 Å². The maximum absolute atomic E-state index is 14.2. The Balaban J connectivity index is 1.88. The van der Waals surface area contributed by atoms with Crippen LogP contribution in [-0.2, 0) is 16.9 Å². The van der Waals surface area contributed by atoms with Gasteiger partial charge in [-0.15, -0.1) is 0 Å². The number of halogens is 4. The molecule has 1 N–H and O–H groups in total. The Hall–Kier alpha value is -2.75. The molecule has 1 saturated heterocycles. The third-order valence-electron chi connectivity index (χ3n) is 4.53. The summed E-state index contributed by atoms with van der Waals surface area (Å²) in [5.41, 5.74) is -1.63. The van der Waals surface area contributed by atoms with Gasteiger partial charge in [0.05, 0.1) is 18.6 Å². The Morgan fingerprint density at radius 1 is 1.17 bits per heavy atom. The van der Waals surface area contributed by atoms with Gasteiger partial charge < -0.3 is 10.1 Å². The number of alkyl halides is 2. The van der Waals surface area contributed by atoms with E-state index in [4.69, 9.17) is 4.74 Å². The van der Waals surface area contributed by atoms with Crippen LogP contribution >= 0.6 is 11.8 Å². The van der Waals surface area contributed by atoms with Crippen LogP contribution in [0.15, 0.2) is 41.3 Å². The van der Waals surface area contributed by atoms with Crippen LogP contribution in [0.3, 0.4) is 0 Å². The number of thioether (sulfide) groups is 1. The minimum atomic E-state index is -2.64. The summed E-state index contributed by atoms with van der Waals surface area (Å²) in [5, 5.41) is 2.40. The first-order valence-electron chi connectivity index (χ1n) is 8.37. The summed E-state index contributed by atoms with van der Waals surface area (Å²) >= 11 is 0.307. The summed E-state index contributed by atoms with van der Waals surface area (Å²) < 4.78 is 58.1. The van der Waals surface area contributed by atoms with Gasteiger partial charge in [-0.3, -0.25) is 9.69 Å². The number of hydrogen-bond donors (Lipinski definition) is 1. The fourth-order valence-electron chi connectivity index (χ4n) is 3.09. The van der Waals surface area contributed by atoms with E-state index in [9.17, 15) is 27.2 Å². The fourth-order valence-corrected chi connectivity index (χ4v) is 3.69. The van der Waals surface area contributed by atoms with E-state index < -0.39 is 34.9 Å². The van der Waals surface area contributed by atoms with E-state index in [1.807, 2.05) is 0 Å². The number of benzene rings is 2. The van der Waals surface area contributed by atoms with E-state index in [1.54, 1.807) is 0 Å². The molecule has 0 spiro atoms. The standard InChI is InChI=1S/C19H16F4N2O3S/c1-19(12-8-11(20)4-5-13(12)21)16(26)25(18(27)24-19)9-10-3-6-15(29-17(22)23)14(7-10)28-2/h3-8,17H,9H2,1-2H3,(H,24,27). The Morgan fingerprint density at radius 2 is 1.90 bits per heavy atom. The van der Waals surface area contributed by atoms with Gasteiger partial charge in [0.15, 0.2) is 0 Å². The zero-order valence-corrected chi connectivity index (χ0v) is 16.2. The number of urea groups is 1. The predicted octanol–water partition coefficient (Wildman–Crippen LogP) is 4.26. The summed E-state index contributed by atoms with van der Waals surface area (Å²) in [6.45, 7) is 1.08. The minimum Gasteiger partial charge on any atom is -0.496 e. The molecule has 1 aliphatic heterocycles. The van der Waals surface area contributed by atoms with Gasteiger partial charge >= 0.3 is 6.03 Å². The lowest BCUT2D eigenvalue weighted by atomic mass is 9.91. The average molecular weight is 428 g/mol. The van der Waals surface area contributed by atoms with E-state index in [0.717, 1.165) is 23.1 Å². The molecule has 0 radical (unpaired) electrons. The van der Waals surface area contributed by atoms with Crippen molar-refractivity contribution in [3.05, 3.63) is 59.2 Å². The summed E-state index contributed by atoms with van der Waals surface area (Å²) in [6, 6.07) is 6.17. The van der Waals surface area contributed by atoms with Crippen molar-refractivity contribution in [1.29, 1.82) is 0 Å². The van der Waals surface area contributed by atoms with Crippen LogP contribution in [0.1, 0.15) is 18.1 Å². The van der Waals surface area contributed by atoms with Crippen molar-refractivity contribution in [3.63, 3.8) is 0 Å². The number of carbonyl (C=O) groups is 2. The second kappa shape index (κ2) is 7.94. The van der Waals surface area contributed by atoms with E-state index in [1.165, 1.54) is 32.2 Å². The van der Waals surface area contributed by atoms with E-state index in [2.05, 4.69) is 5.32 Å². The summed E-state index contributed by atoms with van der Waals surface area (Å²) in [7, 11) is 1.31. The molecule has 154 valence electrons. The highest BCUT2D eigenvalue weighted by Crippen LogP contribution is 2.36. The van der Waals surface area contributed by atoms with Gasteiger partial charge in [0.25, 0.3) is 11.7 Å². The van der Waals surface area contributed by atoms with Gasteiger partial charge in [-0.1, -0.05) is 17.8 Å². The molecule has 0 aliphatic carbocycles. The average Bonchev–Trinajstić information content (AvgIpc) is 2.88. The predicted molar refractivity (Wildman–Crippen MR) is 97.6 cm³/mol. The third-order valence-corrected chi connectivity index (χ3v) is 5.30. The molecule has 1 heterocycles. The van der Waals surface area contributed by atoms with Crippen molar-refractivity contribution in [2.45, 2.75) is 29.7 Å². The highest BCUT2D eigenvalue weighted by atomic mass is 32.2. The van der Waals surface area contributed by atoms with Gasteiger partial charge in [-0.05, 0) is 42.8 Å². The smallest absolute Gasteiger partial charge is 0.325 e. The lowest BCUT2D eigenvalue weighted by Crippen LogP contribution is -2.41. The number of hydrogen-bond acceptors (Lipinski definition) is 4. The maximum Gasteiger partial charge on any atom is 0.325 e. The zero-order valence-electron chi connectivity index (χ0n) is 15.3. The summed E-state index contributed by atoms with van der Waals surface area (Å²) in [5.74, 6) is -4.82. The van der Waals surface area contributed by atoms with Crippen molar-refractivity contribution < 1.29 is 31.9 Å². The molecule has 3 amide bonds. The molecule has 2 aromatic carbocycles. The van der Waals surface area contributed by atoms with Crippen LogP contribution in [0.25, 0.3) is 0 Å². The first-order chi connectivity index (χ1) is 13.7. The van der Waals surface area contributed by atoms with Crippen molar-refractivity contribution >= 4 is 23.7 Å². The first-order valence-corrected chi connectivity index (χ1v) is 9.25. The number of nitrogens with one attached hydrogen (secondary N) is 1. The molecule has 0 aromatic heterocycles. The summed E-state index contributed by atoms with van der Waals surface area (Å²) in [4.78, 5) is 26.3. The normalized spacial score (nSPS) is 19.1. The van der Waals surface area contributed by atoms with E-state index in [0.29, 0.717) is 17.3 Å². The molecular weight excluding hydrogens is 412 g/mol. The Morgan fingerprint density at radius 3 is 2.55 bits per heavy atom. The molecule has 1 unspecified atom stereocenters. The Labute approximate surface area is 168 Å². The second-order valence-electron chi connectivity index (χ2n) is 6.43. The number of methoxy groups -OCH3 is 1. The van der Waals surface area contributed by atoms with E-state index in [-0.39, 0.29) is 22.8 Å². The van der Waals surface area contributed by atoms with Gasteiger partial charge in [0, 0.05) is 5.56 Å². The maximum atomic E-state index is 14.2. The fraction of sp³-hybridized carbons (Fsp3) is 0.263. The second-order valence-corrected chi connectivity index (χ2v) is 7.47. The Bertz CT molecular complexity index is 972. The lowest BCUT2D eigenvalue weighted by molar-refractivity contribution is -0.131. The molecule has 29 heavy (non-hydrogen) atoms. The van der Waals surface area contributed by atoms with Crippen molar-refractivity contribution in [3.8, 4) is 5.75 Å². The van der Waals surface area contributed by atoms with Crippen molar-refractivity contribution in [1.82, 2.24) is 10.2 Å².